The molecule has 2 N–H and O–H groups in total. The third-order valence-corrected chi connectivity index (χ3v) is 2.35. The molecule has 0 saturated heterocycles. The lowest BCUT2D eigenvalue weighted by molar-refractivity contribution is 0.0530. The highest BCUT2D eigenvalue weighted by molar-refractivity contribution is 5.67. The Kier molecular flexibility index (Phi) is 6.27. The van der Waals surface area contributed by atoms with Crippen LogP contribution in [0.25, 0.3) is 0 Å². The van der Waals surface area contributed by atoms with Crippen LogP contribution < -0.4 is 15.4 Å². The normalized spacial score (nSPS) is 10.9. The number of carbonyl (C=O) groups excluding carboxylic acids is 1. The van der Waals surface area contributed by atoms with Crippen LogP contribution in [0.4, 0.5) is 14.9 Å². The summed E-state index contributed by atoms with van der Waals surface area (Å²) in [5.74, 6) is -0.183. The number of amides is 1. The molecule has 0 aliphatic carbocycles. The molecule has 1 aromatic carbocycles. The molecule has 1 amide bonds. The van der Waals surface area contributed by atoms with E-state index in [4.69, 9.17) is 9.47 Å². The maximum absolute atomic E-state index is 13.6. The molecule has 118 valence electrons. The number of halogens is 1. The summed E-state index contributed by atoms with van der Waals surface area (Å²) >= 11 is 0. The van der Waals surface area contributed by atoms with Gasteiger partial charge in [0.15, 0.2) is 11.6 Å². The average molecular weight is 298 g/mol. The van der Waals surface area contributed by atoms with Gasteiger partial charge in [0.1, 0.15) is 5.60 Å². The van der Waals surface area contributed by atoms with Gasteiger partial charge in [0.05, 0.1) is 6.61 Å². The van der Waals surface area contributed by atoms with Gasteiger partial charge in [0.2, 0.25) is 0 Å². The van der Waals surface area contributed by atoms with Crippen LogP contribution in [0.5, 0.6) is 5.75 Å². The summed E-state index contributed by atoms with van der Waals surface area (Å²) in [6.07, 6.45) is -0.470. The molecule has 5 nitrogen and oxygen atoms in total. The van der Waals surface area contributed by atoms with E-state index in [-0.39, 0.29) is 5.75 Å². The van der Waals surface area contributed by atoms with Crippen molar-refractivity contribution in [1.29, 1.82) is 0 Å². The van der Waals surface area contributed by atoms with Crippen LogP contribution in [0.3, 0.4) is 0 Å². The largest absolute Gasteiger partial charge is 0.491 e. The summed E-state index contributed by atoms with van der Waals surface area (Å²) < 4.78 is 23.8. The minimum atomic E-state index is -0.518. The third-order valence-electron chi connectivity index (χ3n) is 2.35. The Hall–Kier alpha value is -1.98. The molecule has 0 unspecified atom stereocenters. The summed E-state index contributed by atoms with van der Waals surface area (Å²) in [5.41, 5.74) is 0.109. The number of benzene rings is 1. The van der Waals surface area contributed by atoms with E-state index in [1.54, 1.807) is 39.8 Å². The minimum absolute atomic E-state index is 0.231. The van der Waals surface area contributed by atoms with E-state index < -0.39 is 17.5 Å². The van der Waals surface area contributed by atoms with Gasteiger partial charge in [0.25, 0.3) is 0 Å². The van der Waals surface area contributed by atoms with Crippen LogP contribution >= 0.6 is 0 Å². The molecule has 0 aliphatic rings. The highest BCUT2D eigenvalue weighted by atomic mass is 19.1. The summed E-state index contributed by atoms with van der Waals surface area (Å²) in [7, 11) is 0. The van der Waals surface area contributed by atoms with Crippen LogP contribution in [-0.4, -0.2) is 31.4 Å². The standard InChI is InChI=1S/C15H23FN2O3/c1-5-20-13-7-6-11(10-12(13)16)17-8-9-18-14(19)21-15(2,3)4/h6-7,10,17H,5,8-9H2,1-4H3,(H,18,19). The number of hydrogen-bond acceptors (Lipinski definition) is 4. The number of carbonyl (C=O) groups is 1. The van der Waals surface area contributed by atoms with Crippen LogP contribution in [-0.2, 0) is 4.74 Å². The van der Waals surface area contributed by atoms with E-state index >= 15 is 0 Å². The molecule has 6 heteroatoms. The first kappa shape index (κ1) is 17.1. The van der Waals surface area contributed by atoms with E-state index in [9.17, 15) is 9.18 Å². The van der Waals surface area contributed by atoms with Crippen LogP contribution in [0.15, 0.2) is 18.2 Å². The fourth-order valence-corrected chi connectivity index (χ4v) is 1.57. The monoisotopic (exact) mass is 298 g/mol. The third kappa shape index (κ3) is 6.83. The Bertz CT molecular complexity index is 472. The van der Waals surface area contributed by atoms with Gasteiger partial charge in [0, 0.05) is 24.8 Å². The zero-order valence-electron chi connectivity index (χ0n) is 13.0. The van der Waals surface area contributed by atoms with Gasteiger partial charge in [-0.2, -0.15) is 0 Å². The van der Waals surface area contributed by atoms with Crippen molar-refractivity contribution in [3.05, 3.63) is 24.0 Å². The SMILES string of the molecule is CCOc1ccc(NCCNC(=O)OC(C)(C)C)cc1F. The van der Waals surface area contributed by atoms with Crippen molar-refractivity contribution >= 4 is 11.8 Å². The summed E-state index contributed by atoms with van der Waals surface area (Å²) in [4.78, 5) is 11.4. The fourth-order valence-electron chi connectivity index (χ4n) is 1.57. The number of alkyl carbamates (subject to hydrolysis) is 1. The zero-order valence-corrected chi connectivity index (χ0v) is 13.0. The van der Waals surface area contributed by atoms with E-state index in [1.165, 1.54) is 6.07 Å². The second-order valence-electron chi connectivity index (χ2n) is 5.43. The Balaban J connectivity index is 2.33. The second-order valence-corrected chi connectivity index (χ2v) is 5.43. The molecule has 1 aromatic rings. The molecule has 0 saturated carbocycles. The van der Waals surface area contributed by atoms with Crippen molar-refractivity contribution in [2.45, 2.75) is 33.3 Å². The Labute approximate surface area is 124 Å². The summed E-state index contributed by atoms with van der Waals surface area (Å²) in [6.45, 7) is 8.46. The Morgan fingerprint density at radius 2 is 2.00 bits per heavy atom. The maximum Gasteiger partial charge on any atom is 0.407 e. The number of nitrogens with one attached hydrogen (secondary N) is 2. The van der Waals surface area contributed by atoms with Crippen molar-refractivity contribution in [2.24, 2.45) is 0 Å². The first-order valence-electron chi connectivity index (χ1n) is 6.95. The molecular weight excluding hydrogens is 275 g/mol. The van der Waals surface area contributed by atoms with Crippen molar-refractivity contribution in [3.8, 4) is 5.75 Å². The predicted molar refractivity (Wildman–Crippen MR) is 80.3 cm³/mol. The Morgan fingerprint density at radius 1 is 1.29 bits per heavy atom. The van der Waals surface area contributed by atoms with Crippen molar-refractivity contribution in [3.63, 3.8) is 0 Å². The van der Waals surface area contributed by atoms with Crippen LogP contribution in [0, 0.1) is 5.82 Å². The first-order chi connectivity index (χ1) is 9.81. The highest BCUT2D eigenvalue weighted by Gasteiger charge is 2.15. The van der Waals surface area contributed by atoms with Gasteiger partial charge >= 0.3 is 6.09 Å². The van der Waals surface area contributed by atoms with Gasteiger partial charge in [-0.15, -0.1) is 0 Å². The van der Waals surface area contributed by atoms with Gasteiger partial charge in [-0.25, -0.2) is 9.18 Å². The number of hydrogen-bond donors (Lipinski definition) is 2. The lowest BCUT2D eigenvalue weighted by atomic mass is 10.2. The van der Waals surface area contributed by atoms with Crippen molar-refractivity contribution in [1.82, 2.24) is 5.32 Å². The van der Waals surface area contributed by atoms with E-state index in [2.05, 4.69) is 10.6 Å². The number of ether oxygens (including phenoxy) is 2. The molecule has 1 rings (SSSR count). The number of anilines is 1. The molecular formula is C15H23FN2O3. The van der Waals surface area contributed by atoms with E-state index in [0.717, 1.165) is 0 Å². The van der Waals surface area contributed by atoms with Crippen molar-refractivity contribution in [2.75, 3.05) is 25.0 Å². The highest BCUT2D eigenvalue weighted by Crippen LogP contribution is 2.20. The van der Waals surface area contributed by atoms with Crippen LogP contribution in [0.1, 0.15) is 27.7 Å². The van der Waals surface area contributed by atoms with Gasteiger partial charge in [-0.3, -0.25) is 0 Å². The zero-order chi connectivity index (χ0) is 15.9. The van der Waals surface area contributed by atoms with E-state index in [0.29, 0.717) is 25.4 Å². The predicted octanol–water partition coefficient (Wildman–Crippen LogP) is 3.16. The molecule has 0 heterocycles. The molecule has 0 fully saturated rings. The maximum atomic E-state index is 13.6. The molecule has 0 spiro atoms. The molecule has 0 atom stereocenters. The molecule has 21 heavy (non-hydrogen) atoms. The van der Waals surface area contributed by atoms with Gasteiger partial charge < -0.3 is 20.1 Å². The summed E-state index contributed by atoms with van der Waals surface area (Å²) in [5, 5.41) is 5.62. The second kappa shape index (κ2) is 7.71. The fraction of sp³-hybridized carbons (Fsp3) is 0.533. The minimum Gasteiger partial charge on any atom is -0.491 e. The van der Waals surface area contributed by atoms with Crippen LogP contribution in [0.2, 0.25) is 0 Å². The number of rotatable bonds is 6. The van der Waals surface area contributed by atoms with Gasteiger partial charge in [-0.05, 0) is 39.8 Å². The lowest BCUT2D eigenvalue weighted by Crippen LogP contribution is -2.34. The first-order valence-corrected chi connectivity index (χ1v) is 6.95. The van der Waals surface area contributed by atoms with Gasteiger partial charge in [-0.1, -0.05) is 0 Å². The molecule has 0 aliphatic heterocycles. The average Bonchev–Trinajstić information content (AvgIpc) is 2.36. The quantitative estimate of drug-likeness (QED) is 0.792. The lowest BCUT2D eigenvalue weighted by Gasteiger charge is -2.19. The molecule has 0 aromatic heterocycles. The topological polar surface area (TPSA) is 59.6 Å². The van der Waals surface area contributed by atoms with E-state index in [1.807, 2.05) is 0 Å². The summed E-state index contributed by atoms with van der Waals surface area (Å²) in [6, 6.07) is 4.66. The van der Waals surface area contributed by atoms with Crippen molar-refractivity contribution < 1.29 is 18.7 Å². The Morgan fingerprint density at radius 3 is 2.57 bits per heavy atom. The smallest absolute Gasteiger partial charge is 0.407 e. The molecule has 0 bridgehead atoms. The molecule has 0 radical (unpaired) electrons.